The van der Waals surface area contributed by atoms with Crippen LogP contribution in [0.5, 0.6) is 5.75 Å². The first-order valence-corrected chi connectivity index (χ1v) is 10.1. The van der Waals surface area contributed by atoms with E-state index in [4.69, 9.17) is 4.74 Å². The molecule has 0 radical (unpaired) electrons. The lowest BCUT2D eigenvalue weighted by Crippen LogP contribution is -2.47. The molecular weight excluding hydrogens is 436 g/mol. The highest BCUT2D eigenvalue weighted by Gasteiger charge is 2.61. The summed E-state index contributed by atoms with van der Waals surface area (Å²) in [5.41, 5.74) is 2.28. The van der Waals surface area contributed by atoms with Crippen molar-refractivity contribution in [2.45, 2.75) is 12.1 Å². The second-order valence-corrected chi connectivity index (χ2v) is 8.23. The number of ether oxygens (including phenoxy) is 1. The van der Waals surface area contributed by atoms with E-state index < -0.39 is 17.9 Å². The Kier molecular flexibility index (Phi) is 4.10. The normalized spacial score (nSPS) is 26.6. The van der Waals surface area contributed by atoms with E-state index in [9.17, 15) is 14.4 Å². The number of amides is 2. The molecule has 146 valence electrons. The summed E-state index contributed by atoms with van der Waals surface area (Å²) < 4.78 is 5.91. The molecule has 3 heterocycles. The first kappa shape index (κ1) is 18.1. The minimum Gasteiger partial charge on any atom is -0.496 e. The number of nitrogens with zero attached hydrogens (tertiary/aromatic N) is 1. The first-order chi connectivity index (χ1) is 14.0. The molecule has 2 saturated heterocycles. The number of carbonyl (C=O) groups is 3. The first-order valence-electron chi connectivity index (χ1n) is 9.29. The lowest BCUT2D eigenvalue weighted by molar-refractivity contribution is -0.126. The van der Waals surface area contributed by atoms with Crippen LogP contribution in [0.15, 0.2) is 53.0 Å². The van der Waals surface area contributed by atoms with Crippen molar-refractivity contribution >= 4 is 45.3 Å². The van der Waals surface area contributed by atoms with Crippen LogP contribution >= 0.6 is 15.9 Å². The van der Waals surface area contributed by atoms with Crippen LogP contribution in [0.25, 0.3) is 6.08 Å². The summed E-state index contributed by atoms with van der Waals surface area (Å²) in [6.45, 7) is 0. The molecule has 4 unspecified atom stereocenters. The van der Waals surface area contributed by atoms with E-state index in [0.29, 0.717) is 15.8 Å². The number of anilines is 1. The van der Waals surface area contributed by atoms with Gasteiger partial charge in [-0.25, -0.2) is 0 Å². The molecule has 7 heteroatoms. The summed E-state index contributed by atoms with van der Waals surface area (Å²) in [6, 6.07) is 11.7. The van der Waals surface area contributed by atoms with Crippen LogP contribution in [0.3, 0.4) is 0 Å². The van der Waals surface area contributed by atoms with Crippen molar-refractivity contribution in [3.63, 3.8) is 0 Å². The van der Waals surface area contributed by atoms with Gasteiger partial charge in [0.1, 0.15) is 11.8 Å². The molecule has 1 N–H and O–H groups in total. The Hall–Kier alpha value is -2.93. The van der Waals surface area contributed by atoms with Crippen molar-refractivity contribution in [1.29, 1.82) is 0 Å². The number of fused-ring (bicyclic) bond motifs is 5. The number of rotatable bonds is 3. The van der Waals surface area contributed by atoms with E-state index in [1.807, 2.05) is 41.3 Å². The Morgan fingerprint density at radius 2 is 1.86 bits per heavy atom. The zero-order valence-electron chi connectivity index (χ0n) is 15.5. The molecule has 0 bridgehead atoms. The summed E-state index contributed by atoms with van der Waals surface area (Å²) in [4.78, 5) is 40.8. The Labute approximate surface area is 175 Å². The number of nitrogens with one attached hydrogen (secondary N) is 1. The van der Waals surface area contributed by atoms with E-state index in [1.54, 1.807) is 25.3 Å². The van der Waals surface area contributed by atoms with Gasteiger partial charge in [-0.2, -0.15) is 0 Å². The van der Waals surface area contributed by atoms with Crippen LogP contribution in [0.1, 0.15) is 15.9 Å². The molecule has 2 fully saturated rings. The van der Waals surface area contributed by atoms with Gasteiger partial charge in [-0.3, -0.25) is 19.7 Å². The number of ketones is 1. The summed E-state index contributed by atoms with van der Waals surface area (Å²) >= 11 is 3.42. The number of hydrogen-bond donors (Lipinski definition) is 1. The molecule has 4 atom stereocenters. The lowest BCUT2D eigenvalue weighted by Gasteiger charge is -2.35. The molecule has 2 amide bonds. The Balaban J connectivity index is 1.64. The van der Waals surface area contributed by atoms with Crippen molar-refractivity contribution in [3.05, 3.63) is 64.1 Å². The predicted molar refractivity (Wildman–Crippen MR) is 111 cm³/mol. The third-order valence-corrected chi connectivity index (χ3v) is 6.58. The maximum atomic E-state index is 13.6. The minimum absolute atomic E-state index is 0.194. The maximum Gasteiger partial charge on any atom is 0.233 e. The van der Waals surface area contributed by atoms with Crippen LogP contribution in [0, 0.1) is 11.8 Å². The largest absolute Gasteiger partial charge is 0.496 e. The highest BCUT2D eigenvalue weighted by molar-refractivity contribution is 9.10. The molecule has 3 aliphatic heterocycles. The van der Waals surface area contributed by atoms with Crippen molar-refractivity contribution in [3.8, 4) is 5.75 Å². The van der Waals surface area contributed by atoms with Crippen molar-refractivity contribution in [1.82, 2.24) is 5.32 Å². The van der Waals surface area contributed by atoms with E-state index in [-0.39, 0.29) is 23.6 Å². The fraction of sp³-hybridized carbons (Fsp3) is 0.227. The average molecular weight is 453 g/mol. The van der Waals surface area contributed by atoms with E-state index in [0.717, 1.165) is 11.3 Å². The number of carbonyl (C=O) groups excluding carboxylic acids is 3. The van der Waals surface area contributed by atoms with Crippen LogP contribution in [-0.2, 0) is 9.59 Å². The number of halogens is 1. The third kappa shape index (κ3) is 2.57. The van der Waals surface area contributed by atoms with Gasteiger partial charge in [0, 0.05) is 11.3 Å². The van der Waals surface area contributed by atoms with Gasteiger partial charge in [-0.05, 0) is 45.8 Å². The second kappa shape index (κ2) is 6.56. The molecule has 0 saturated carbocycles. The summed E-state index contributed by atoms with van der Waals surface area (Å²) in [6.07, 6.45) is 3.88. The predicted octanol–water partition coefficient (Wildman–Crippen LogP) is 2.81. The van der Waals surface area contributed by atoms with Gasteiger partial charge < -0.3 is 9.64 Å². The number of hydrogen-bond acceptors (Lipinski definition) is 5. The number of para-hydroxylation sites is 1. The fourth-order valence-electron chi connectivity index (χ4n) is 4.72. The molecule has 0 aromatic heterocycles. The number of methoxy groups -OCH3 is 1. The Morgan fingerprint density at radius 3 is 2.62 bits per heavy atom. The fourth-order valence-corrected chi connectivity index (χ4v) is 5.26. The van der Waals surface area contributed by atoms with Crippen LogP contribution in [-0.4, -0.2) is 36.8 Å². The Bertz CT molecular complexity index is 1100. The number of benzene rings is 2. The van der Waals surface area contributed by atoms with Gasteiger partial charge in [-0.1, -0.05) is 30.4 Å². The molecule has 29 heavy (non-hydrogen) atoms. The highest BCUT2D eigenvalue weighted by Crippen LogP contribution is 2.47. The van der Waals surface area contributed by atoms with Crippen LogP contribution in [0.4, 0.5) is 5.69 Å². The van der Waals surface area contributed by atoms with Gasteiger partial charge in [0.15, 0.2) is 5.78 Å². The van der Waals surface area contributed by atoms with Gasteiger partial charge in [0.2, 0.25) is 11.8 Å². The number of imide groups is 1. The third-order valence-electron chi connectivity index (χ3n) is 5.96. The number of Topliss-reactive ketones (excluding diaryl/α,β-unsaturated/α-hetero) is 1. The molecule has 5 rings (SSSR count). The summed E-state index contributed by atoms with van der Waals surface area (Å²) in [5.74, 6) is -1.58. The summed E-state index contributed by atoms with van der Waals surface area (Å²) in [7, 11) is 1.55. The van der Waals surface area contributed by atoms with Gasteiger partial charge in [0.05, 0.1) is 29.5 Å². The van der Waals surface area contributed by atoms with Gasteiger partial charge in [-0.15, -0.1) is 0 Å². The SMILES string of the molecule is COc1ccc(C(=O)C2C3C(=O)NC(=O)C3C3C=Cc4ccccc4N32)cc1Br. The second-order valence-electron chi connectivity index (χ2n) is 7.38. The van der Waals surface area contributed by atoms with Gasteiger partial charge >= 0.3 is 0 Å². The summed E-state index contributed by atoms with van der Waals surface area (Å²) in [5, 5.41) is 2.42. The van der Waals surface area contributed by atoms with Gasteiger partial charge in [0.25, 0.3) is 0 Å². The van der Waals surface area contributed by atoms with Crippen molar-refractivity contribution < 1.29 is 19.1 Å². The minimum atomic E-state index is -0.761. The van der Waals surface area contributed by atoms with Crippen LogP contribution in [0.2, 0.25) is 0 Å². The molecule has 3 aliphatic rings. The molecule has 2 aromatic carbocycles. The topological polar surface area (TPSA) is 75.7 Å². The van der Waals surface area contributed by atoms with E-state index >= 15 is 0 Å². The zero-order chi connectivity index (χ0) is 20.3. The lowest BCUT2D eigenvalue weighted by atomic mass is 9.86. The molecule has 6 nitrogen and oxygen atoms in total. The zero-order valence-corrected chi connectivity index (χ0v) is 17.0. The average Bonchev–Trinajstić information content (AvgIpc) is 3.22. The maximum absolute atomic E-state index is 13.6. The van der Waals surface area contributed by atoms with Crippen molar-refractivity contribution in [2.24, 2.45) is 11.8 Å². The van der Waals surface area contributed by atoms with E-state index in [2.05, 4.69) is 21.2 Å². The highest BCUT2D eigenvalue weighted by atomic mass is 79.9. The molecule has 0 aliphatic carbocycles. The van der Waals surface area contributed by atoms with Crippen molar-refractivity contribution in [2.75, 3.05) is 12.0 Å². The Morgan fingerprint density at radius 1 is 1.10 bits per heavy atom. The molecular formula is C22H17BrN2O4. The van der Waals surface area contributed by atoms with Crippen LogP contribution < -0.4 is 15.0 Å². The quantitative estimate of drug-likeness (QED) is 0.572. The molecule has 0 spiro atoms. The monoisotopic (exact) mass is 452 g/mol. The smallest absolute Gasteiger partial charge is 0.233 e. The standard InChI is InChI=1S/C22H17BrN2O4/c1-29-16-9-7-12(10-13(16)23)20(26)19-18-17(21(27)24-22(18)28)15-8-6-11-4-2-3-5-14(11)25(15)19/h2-10,15,17-19H,1H3,(H,24,27,28). The van der Waals surface area contributed by atoms with E-state index in [1.165, 1.54) is 0 Å². The molecule has 2 aromatic rings.